The lowest BCUT2D eigenvalue weighted by Gasteiger charge is -2.39. The van der Waals surface area contributed by atoms with Crippen LogP contribution in [-0.4, -0.2) is 118 Å². The van der Waals surface area contributed by atoms with Crippen LogP contribution in [0.4, 0.5) is 21.5 Å². The van der Waals surface area contributed by atoms with Gasteiger partial charge in [0, 0.05) is 118 Å². The number of hydrogen-bond acceptors (Lipinski definition) is 10. The Hall–Kier alpha value is -6.06. The molecule has 3 N–H and O–H groups in total. The van der Waals surface area contributed by atoms with E-state index in [9.17, 15) is 19.2 Å². The predicted molar refractivity (Wildman–Crippen MR) is 250 cm³/mol. The summed E-state index contributed by atoms with van der Waals surface area (Å²) in [5.74, 6) is 0.0790. The van der Waals surface area contributed by atoms with Crippen molar-refractivity contribution in [3.05, 3.63) is 112 Å². The van der Waals surface area contributed by atoms with E-state index in [1.54, 1.807) is 22.9 Å². The number of hydrogen-bond donors (Lipinski definition) is 3. The number of aromatic nitrogens is 3. The van der Waals surface area contributed by atoms with Crippen LogP contribution in [0.5, 0.6) is 0 Å². The molecule has 0 spiro atoms. The van der Waals surface area contributed by atoms with Crippen LogP contribution in [0.25, 0.3) is 16.7 Å². The second-order valence-corrected chi connectivity index (χ2v) is 18.7. The number of aryl methyl sites for hydroxylation is 1. The lowest BCUT2D eigenvalue weighted by Crippen LogP contribution is -2.50. The van der Waals surface area contributed by atoms with Crippen molar-refractivity contribution in [2.24, 2.45) is 13.0 Å². The number of likely N-dealkylation sites (tertiary alicyclic amines) is 1. The van der Waals surface area contributed by atoms with Gasteiger partial charge in [-0.3, -0.25) is 38.9 Å². The van der Waals surface area contributed by atoms with E-state index in [0.29, 0.717) is 42.7 Å². The largest absolute Gasteiger partial charge is 0.384 e. The number of carbonyl (C=O) groups is 3. The van der Waals surface area contributed by atoms with Crippen LogP contribution in [-0.2, 0) is 23.1 Å². The summed E-state index contributed by atoms with van der Waals surface area (Å²) in [4.78, 5) is 64.5. The normalized spacial score (nSPS) is 20.8. The van der Waals surface area contributed by atoms with Crippen molar-refractivity contribution in [2.45, 2.75) is 69.9 Å². The van der Waals surface area contributed by atoms with Gasteiger partial charge in [-0.1, -0.05) is 12.1 Å². The molecule has 2 aromatic carbocycles. The Morgan fingerprint density at radius 3 is 2.37 bits per heavy atom. The van der Waals surface area contributed by atoms with Gasteiger partial charge in [0.05, 0.1) is 11.4 Å². The highest BCUT2D eigenvalue weighted by Gasteiger charge is 2.31. The summed E-state index contributed by atoms with van der Waals surface area (Å²) >= 11 is 0. The first-order chi connectivity index (χ1) is 31.6. The molecule has 3 amide bonds. The second kappa shape index (κ2) is 18.1. The van der Waals surface area contributed by atoms with Crippen LogP contribution in [0.2, 0.25) is 0 Å². The highest BCUT2D eigenvalue weighted by atomic mass is 19.1. The number of fused-ring (bicyclic) bond motifs is 2. The molecule has 0 aliphatic carbocycles. The zero-order chi connectivity index (χ0) is 44.8. The summed E-state index contributed by atoms with van der Waals surface area (Å²) in [5.41, 5.74) is 7.86. The number of nitrogens with zero attached hydrogens (tertiary/aromatic N) is 7. The third kappa shape index (κ3) is 8.63. The van der Waals surface area contributed by atoms with Gasteiger partial charge < -0.3 is 25.0 Å². The molecule has 4 saturated heterocycles. The topological polar surface area (TPSA) is 140 Å². The van der Waals surface area contributed by atoms with Gasteiger partial charge in [-0.2, -0.15) is 0 Å². The molecule has 8 heterocycles. The van der Waals surface area contributed by atoms with Crippen molar-refractivity contribution in [3.63, 3.8) is 0 Å². The molecule has 10 rings (SSSR count). The fourth-order valence-corrected chi connectivity index (χ4v) is 11.0. The number of piperidine rings is 3. The zero-order valence-corrected chi connectivity index (χ0v) is 37.4. The van der Waals surface area contributed by atoms with E-state index in [2.05, 4.69) is 67.4 Å². The lowest BCUT2D eigenvalue weighted by molar-refractivity contribution is -0.133. The van der Waals surface area contributed by atoms with Gasteiger partial charge in [0.2, 0.25) is 11.8 Å². The molecule has 14 nitrogen and oxygen atoms in total. The number of carbonyl (C=O) groups excluding carboxylic acids is 3. The fourth-order valence-electron chi connectivity index (χ4n) is 11.0. The summed E-state index contributed by atoms with van der Waals surface area (Å²) < 4.78 is 19.2. The zero-order valence-electron chi connectivity index (χ0n) is 37.4. The summed E-state index contributed by atoms with van der Waals surface area (Å²) in [5, 5.41) is 9.69. The second-order valence-electron chi connectivity index (χ2n) is 18.7. The summed E-state index contributed by atoms with van der Waals surface area (Å²) in [6.45, 7) is 10.6. The first kappa shape index (κ1) is 42.9. The number of halogens is 1. The molecule has 65 heavy (non-hydrogen) atoms. The van der Waals surface area contributed by atoms with Crippen molar-refractivity contribution in [1.82, 2.24) is 34.1 Å². The molecule has 5 aromatic rings. The van der Waals surface area contributed by atoms with Crippen molar-refractivity contribution >= 4 is 45.8 Å². The van der Waals surface area contributed by atoms with E-state index in [0.717, 1.165) is 118 Å². The molecule has 0 bridgehead atoms. The smallest absolute Gasteiger partial charge is 0.260 e. The number of benzene rings is 2. The van der Waals surface area contributed by atoms with E-state index in [1.807, 2.05) is 35.4 Å². The van der Waals surface area contributed by atoms with Gasteiger partial charge in [-0.25, -0.2) is 9.37 Å². The number of rotatable bonds is 10. The Kier molecular flexibility index (Phi) is 11.9. The molecule has 340 valence electrons. The standard InChI is InChI=1S/C50H59FN10O4/c1-32(45-30-39-43(12-19-53-47(39)56(45)2)61-24-17-41-38(50(61)65)11-18-52-41)58-22-15-35(16-23-58)34-3-5-36(6-4-34)49(64)60-27-25-57(26-28-60)31-33-13-20-59(21-14-33)44-9-7-37(29-40(44)51)54-42-8-10-46(62)55-48(42)63/h3-7,9,12,17,19,24,29-30,32-33,35,42,52,54H,8,10-11,13-16,18,20-23,25-28,31H2,1-2H3,(H,55,62,63)/t32-,42?/m0/s1. The highest BCUT2D eigenvalue weighted by Crippen LogP contribution is 2.35. The molecular formula is C50H59FN10O4. The molecule has 1 unspecified atom stereocenters. The maximum atomic E-state index is 15.3. The first-order valence-corrected chi connectivity index (χ1v) is 23.5. The molecule has 0 saturated carbocycles. The van der Waals surface area contributed by atoms with Crippen molar-refractivity contribution < 1.29 is 18.8 Å². The first-order valence-electron chi connectivity index (χ1n) is 23.5. The van der Waals surface area contributed by atoms with Gasteiger partial charge in [0.1, 0.15) is 17.5 Å². The molecule has 15 heteroatoms. The Bertz CT molecular complexity index is 2660. The average Bonchev–Trinajstić information content (AvgIpc) is 3.96. The number of nitrogens with one attached hydrogen (secondary N) is 3. The van der Waals surface area contributed by atoms with Crippen LogP contribution in [0, 0.1) is 11.7 Å². The maximum Gasteiger partial charge on any atom is 0.260 e. The van der Waals surface area contributed by atoms with Crippen molar-refractivity contribution in [3.8, 4) is 5.69 Å². The Labute approximate surface area is 378 Å². The van der Waals surface area contributed by atoms with Crippen LogP contribution in [0.3, 0.4) is 0 Å². The molecule has 5 aliphatic heterocycles. The number of amides is 3. The molecule has 0 radical (unpaired) electrons. The van der Waals surface area contributed by atoms with Gasteiger partial charge >= 0.3 is 0 Å². The minimum absolute atomic E-state index is 0.0312. The molecular weight excluding hydrogens is 824 g/mol. The van der Waals surface area contributed by atoms with E-state index in [1.165, 1.54) is 17.3 Å². The lowest BCUT2D eigenvalue weighted by atomic mass is 9.88. The number of imide groups is 1. The minimum atomic E-state index is -0.551. The van der Waals surface area contributed by atoms with E-state index < -0.39 is 6.04 Å². The minimum Gasteiger partial charge on any atom is -0.384 e. The van der Waals surface area contributed by atoms with Crippen LogP contribution in [0.15, 0.2) is 77.9 Å². The third-order valence-corrected chi connectivity index (χ3v) is 14.9. The van der Waals surface area contributed by atoms with E-state index >= 15 is 4.39 Å². The van der Waals surface area contributed by atoms with Crippen molar-refractivity contribution in [1.29, 1.82) is 0 Å². The van der Waals surface area contributed by atoms with Gasteiger partial charge in [0.25, 0.3) is 11.5 Å². The molecule has 5 aliphatic rings. The van der Waals surface area contributed by atoms with E-state index in [-0.39, 0.29) is 41.6 Å². The summed E-state index contributed by atoms with van der Waals surface area (Å²) in [6.07, 6.45) is 9.09. The fraction of sp³-hybridized carbons (Fsp3) is 0.460. The highest BCUT2D eigenvalue weighted by molar-refractivity contribution is 6.01. The van der Waals surface area contributed by atoms with Gasteiger partial charge in [-0.05, 0) is 124 Å². The maximum absolute atomic E-state index is 15.3. The molecule has 4 fully saturated rings. The quantitative estimate of drug-likeness (QED) is 0.151. The monoisotopic (exact) mass is 882 g/mol. The Morgan fingerprint density at radius 1 is 0.862 bits per heavy atom. The van der Waals surface area contributed by atoms with Gasteiger partial charge in [0.15, 0.2) is 0 Å². The number of anilines is 3. The average molecular weight is 883 g/mol. The van der Waals surface area contributed by atoms with Crippen LogP contribution in [0.1, 0.15) is 84.6 Å². The van der Waals surface area contributed by atoms with E-state index in [4.69, 9.17) is 4.98 Å². The molecule has 3 aromatic heterocycles. The number of pyridine rings is 2. The SMILES string of the molecule is C[C@@H](c1cc2c(-n3ccc4c(c3=O)CCN4)ccnc2n1C)N1CCC(c2ccc(C(=O)N3CCN(CC4CCN(c5ccc(NC6CCC(=O)NC6=O)cc5F)CC4)CC3)cc2)CC1. The van der Waals surface area contributed by atoms with Crippen LogP contribution < -0.4 is 26.4 Å². The summed E-state index contributed by atoms with van der Waals surface area (Å²) in [7, 11) is 2.07. The number of piperazine rings is 1. The third-order valence-electron chi connectivity index (χ3n) is 14.9. The van der Waals surface area contributed by atoms with Crippen molar-refractivity contribution in [2.75, 3.05) is 81.0 Å². The van der Waals surface area contributed by atoms with Gasteiger partial charge in [-0.15, -0.1) is 0 Å². The summed E-state index contributed by atoms with van der Waals surface area (Å²) in [6, 6.07) is 19.1. The van der Waals surface area contributed by atoms with Crippen LogP contribution >= 0.6 is 0 Å². The Balaban J connectivity index is 0.676. The predicted octanol–water partition coefficient (Wildman–Crippen LogP) is 5.66. The molecule has 2 atom stereocenters. The Morgan fingerprint density at radius 2 is 1.63 bits per heavy atom.